The number of sulfonamides is 1. The minimum absolute atomic E-state index is 0. The van der Waals surface area contributed by atoms with Crippen LogP contribution in [0.3, 0.4) is 0 Å². The molecule has 0 aromatic carbocycles. The maximum absolute atomic E-state index is 12.3. The third-order valence-corrected chi connectivity index (χ3v) is 5.14. The second-order valence-electron chi connectivity index (χ2n) is 5.22. The lowest BCUT2D eigenvalue weighted by Gasteiger charge is -2.10. The normalized spacial score (nSPS) is 18.5. The summed E-state index contributed by atoms with van der Waals surface area (Å²) in [5.74, 6) is 0.346. The summed E-state index contributed by atoms with van der Waals surface area (Å²) in [6, 6.07) is 1.58. The van der Waals surface area contributed by atoms with E-state index >= 15 is 0 Å². The highest BCUT2D eigenvalue weighted by atomic mass is 35.5. The first kappa shape index (κ1) is 17.1. The number of pyridine rings is 1. The average molecular weight is 347 g/mol. The fourth-order valence-corrected chi connectivity index (χ4v) is 3.55. The van der Waals surface area contributed by atoms with E-state index in [-0.39, 0.29) is 17.3 Å². The lowest BCUT2D eigenvalue weighted by Crippen LogP contribution is -2.30. The van der Waals surface area contributed by atoms with Crippen LogP contribution in [0.1, 0.15) is 19.0 Å². The van der Waals surface area contributed by atoms with Crippen LogP contribution >= 0.6 is 12.4 Å². The summed E-state index contributed by atoms with van der Waals surface area (Å²) in [4.78, 5) is 4.19. The van der Waals surface area contributed by atoms with Gasteiger partial charge in [0.05, 0.1) is 17.3 Å². The fraction of sp³-hybridized carbons (Fsp3) is 0.538. The molecule has 1 unspecified atom stereocenters. The number of nitrogens with zero attached hydrogens (tertiary/aromatic N) is 2. The molecule has 3 heterocycles. The van der Waals surface area contributed by atoms with Gasteiger partial charge in [0.15, 0.2) is 0 Å². The molecule has 7 nitrogen and oxygen atoms in total. The molecule has 2 N–H and O–H groups in total. The van der Waals surface area contributed by atoms with Gasteiger partial charge in [0.25, 0.3) is 5.71 Å². The van der Waals surface area contributed by atoms with Crippen LogP contribution in [-0.2, 0) is 16.4 Å². The van der Waals surface area contributed by atoms with Gasteiger partial charge in [0, 0.05) is 6.54 Å². The Morgan fingerprint density at radius 1 is 1.50 bits per heavy atom. The van der Waals surface area contributed by atoms with Crippen molar-refractivity contribution in [3.63, 3.8) is 0 Å². The molecule has 1 aliphatic rings. The third-order valence-electron chi connectivity index (χ3n) is 3.75. The van der Waals surface area contributed by atoms with Crippen molar-refractivity contribution >= 4 is 33.5 Å². The zero-order valence-corrected chi connectivity index (χ0v) is 13.8. The fourth-order valence-electron chi connectivity index (χ4n) is 2.46. The maximum Gasteiger partial charge on any atom is 0.258 e. The molecular formula is C13H19ClN4O3S. The average Bonchev–Trinajstić information content (AvgIpc) is 3.13. The van der Waals surface area contributed by atoms with E-state index in [0.717, 1.165) is 25.2 Å². The number of aryl methyl sites for hydroxylation is 1. The molecular weight excluding hydrogens is 328 g/mol. The highest BCUT2D eigenvalue weighted by molar-refractivity contribution is 7.89. The van der Waals surface area contributed by atoms with Crippen LogP contribution in [0, 0.1) is 5.92 Å². The Morgan fingerprint density at radius 3 is 3.00 bits per heavy atom. The lowest BCUT2D eigenvalue weighted by atomic mass is 10.1. The van der Waals surface area contributed by atoms with E-state index in [0.29, 0.717) is 30.0 Å². The Bertz CT molecular complexity index is 741. The Hall–Kier alpha value is -1.22. The van der Waals surface area contributed by atoms with E-state index in [1.54, 1.807) is 6.07 Å². The van der Waals surface area contributed by atoms with Crippen molar-refractivity contribution in [2.75, 3.05) is 19.6 Å². The molecule has 0 spiro atoms. The van der Waals surface area contributed by atoms with Gasteiger partial charge in [-0.25, -0.2) is 18.1 Å². The molecule has 3 rings (SSSR count). The first-order chi connectivity index (χ1) is 10.1. The second-order valence-corrected chi connectivity index (χ2v) is 6.98. The van der Waals surface area contributed by atoms with Gasteiger partial charge < -0.3 is 9.84 Å². The van der Waals surface area contributed by atoms with E-state index in [2.05, 4.69) is 20.2 Å². The van der Waals surface area contributed by atoms with E-state index in [4.69, 9.17) is 4.52 Å². The Morgan fingerprint density at radius 2 is 2.32 bits per heavy atom. The van der Waals surface area contributed by atoms with Crippen LogP contribution in [0.25, 0.3) is 11.1 Å². The first-order valence-corrected chi connectivity index (χ1v) is 8.53. The zero-order valence-electron chi connectivity index (χ0n) is 12.2. The van der Waals surface area contributed by atoms with Crippen LogP contribution in [-0.4, -0.2) is 38.2 Å². The number of fused-ring (bicyclic) bond motifs is 1. The van der Waals surface area contributed by atoms with Gasteiger partial charge in [-0.2, -0.15) is 0 Å². The molecule has 2 aromatic heterocycles. The summed E-state index contributed by atoms with van der Waals surface area (Å²) < 4.78 is 32.4. The monoisotopic (exact) mass is 346 g/mol. The number of halogens is 1. The molecule has 0 aliphatic carbocycles. The molecule has 0 bridgehead atoms. The van der Waals surface area contributed by atoms with Crippen molar-refractivity contribution in [3.05, 3.63) is 18.0 Å². The van der Waals surface area contributed by atoms with Crippen molar-refractivity contribution in [3.8, 4) is 0 Å². The molecule has 1 fully saturated rings. The van der Waals surface area contributed by atoms with Crippen LogP contribution < -0.4 is 10.0 Å². The lowest BCUT2D eigenvalue weighted by molar-refractivity contribution is 0.439. The van der Waals surface area contributed by atoms with Crippen LogP contribution in [0.5, 0.6) is 0 Å². The largest absolute Gasteiger partial charge is 0.336 e. The van der Waals surface area contributed by atoms with Gasteiger partial charge in [0.1, 0.15) is 4.90 Å². The first-order valence-electron chi connectivity index (χ1n) is 7.05. The predicted octanol–water partition coefficient (Wildman–Crippen LogP) is 1.09. The Balaban J connectivity index is 0.00000176. The molecule has 122 valence electrons. The van der Waals surface area contributed by atoms with Crippen molar-refractivity contribution in [1.29, 1.82) is 0 Å². The molecule has 9 heteroatoms. The maximum atomic E-state index is 12.3. The van der Waals surface area contributed by atoms with E-state index < -0.39 is 10.0 Å². The van der Waals surface area contributed by atoms with Gasteiger partial charge in [-0.05, 0) is 37.9 Å². The van der Waals surface area contributed by atoms with E-state index in [9.17, 15) is 8.42 Å². The number of aromatic nitrogens is 2. The molecule has 1 atom stereocenters. The van der Waals surface area contributed by atoms with Gasteiger partial charge in [-0.3, -0.25) is 0 Å². The Kier molecular flexibility index (Phi) is 5.38. The van der Waals surface area contributed by atoms with E-state index in [1.165, 1.54) is 6.20 Å². The van der Waals surface area contributed by atoms with Crippen molar-refractivity contribution in [2.24, 2.45) is 5.92 Å². The molecule has 0 saturated carbocycles. The molecule has 1 saturated heterocycles. The summed E-state index contributed by atoms with van der Waals surface area (Å²) in [6.45, 7) is 4.17. The smallest absolute Gasteiger partial charge is 0.258 e. The van der Waals surface area contributed by atoms with Gasteiger partial charge >= 0.3 is 0 Å². The molecule has 22 heavy (non-hydrogen) atoms. The van der Waals surface area contributed by atoms with Crippen molar-refractivity contribution in [2.45, 2.75) is 24.7 Å². The summed E-state index contributed by atoms with van der Waals surface area (Å²) in [6.07, 6.45) is 2.97. The molecule has 0 amide bonds. The minimum Gasteiger partial charge on any atom is -0.336 e. The standard InChI is InChI=1S/C13H18N4O3S.ClH/c1-2-12-11-5-10(8-15-13(11)20-17-12)21(18,19)16-7-9-3-4-14-6-9;/h5,8-9,14,16H,2-4,6-7H2,1H3;1H. The summed E-state index contributed by atoms with van der Waals surface area (Å²) in [5.41, 5.74) is 1.08. The van der Waals surface area contributed by atoms with Gasteiger partial charge in [-0.15, -0.1) is 12.4 Å². The van der Waals surface area contributed by atoms with Gasteiger partial charge in [-0.1, -0.05) is 12.1 Å². The minimum atomic E-state index is -3.55. The van der Waals surface area contributed by atoms with Gasteiger partial charge in [0.2, 0.25) is 10.0 Å². The van der Waals surface area contributed by atoms with Crippen LogP contribution in [0.15, 0.2) is 21.7 Å². The third kappa shape index (κ3) is 3.40. The highest BCUT2D eigenvalue weighted by Crippen LogP contribution is 2.20. The van der Waals surface area contributed by atoms with Crippen LogP contribution in [0.2, 0.25) is 0 Å². The second kappa shape index (κ2) is 6.91. The highest BCUT2D eigenvalue weighted by Gasteiger charge is 2.21. The summed E-state index contributed by atoms with van der Waals surface area (Å²) in [5, 5.41) is 7.76. The van der Waals surface area contributed by atoms with Crippen LogP contribution in [0.4, 0.5) is 0 Å². The van der Waals surface area contributed by atoms with Crippen molar-refractivity contribution in [1.82, 2.24) is 20.2 Å². The SMILES string of the molecule is CCc1noc2ncc(S(=O)(=O)NCC3CCNC3)cc12.Cl. The summed E-state index contributed by atoms with van der Waals surface area (Å²) >= 11 is 0. The van der Waals surface area contributed by atoms with E-state index in [1.807, 2.05) is 6.92 Å². The number of rotatable bonds is 5. The topological polar surface area (TPSA) is 97.1 Å². The zero-order chi connectivity index (χ0) is 14.9. The Labute approximate surface area is 135 Å². The number of hydrogen-bond acceptors (Lipinski definition) is 6. The molecule has 2 aromatic rings. The predicted molar refractivity (Wildman–Crippen MR) is 84.6 cm³/mol. The summed E-state index contributed by atoms with van der Waals surface area (Å²) in [7, 11) is -3.55. The molecule has 1 aliphatic heterocycles. The number of hydrogen-bond donors (Lipinski definition) is 2. The van der Waals surface area contributed by atoms with Crippen molar-refractivity contribution < 1.29 is 12.9 Å². The number of nitrogens with one attached hydrogen (secondary N) is 2. The quantitative estimate of drug-likeness (QED) is 0.841. The molecule has 0 radical (unpaired) electrons.